The third-order valence-corrected chi connectivity index (χ3v) is 7.13. The van der Waals surface area contributed by atoms with Crippen molar-refractivity contribution in [3.05, 3.63) is 102 Å². The molecule has 4 heterocycles. The van der Waals surface area contributed by atoms with Crippen LogP contribution in [0.4, 0.5) is 33.3 Å². The maximum absolute atomic E-state index is 15.6. The highest BCUT2D eigenvalue weighted by atomic mass is 19.1. The molecule has 10 heteroatoms. The fourth-order valence-corrected chi connectivity index (χ4v) is 5.16. The van der Waals surface area contributed by atoms with Crippen LogP contribution in [0.2, 0.25) is 0 Å². The first-order valence-corrected chi connectivity index (χ1v) is 13.5. The van der Waals surface area contributed by atoms with Crippen molar-refractivity contribution in [3.8, 4) is 0 Å². The SMILES string of the molecule is Cc1cccc2ccnc(N(C(=O)c3ccc(Nc4nccc(Nc5ccncc5)n4)cc3F)[C@@H]3CCCNC3)c12. The molecule has 0 saturated carbocycles. The van der Waals surface area contributed by atoms with Crippen molar-refractivity contribution in [2.45, 2.75) is 25.8 Å². The lowest BCUT2D eigenvalue weighted by Crippen LogP contribution is -2.49. The van der Waals surface area contributed by atoms with E-state index < -0.39 is 11.7 Å². The minimum atomic E-state index is -0.642. The zero-order chi connectivity index (χ0) is 28.2. The molecule has 0 aliphatic carbocycles. The zero-order valence-electron chi connectivity index (χ0n) is 22.5. The highest BCUT2D eigenvalue weighted by molar-refractivity contribution is 6.11. The second-order valence-corrected chi connectivity index (χ2v) is 9.93. The Balaban J connectivity index is 1.29. The van der Waals surface area contributed by atoms with E-state index in [9.17, 15) is 4.79 Å². The van der Waals surface area contributed by atoms with Gasteiger partial charge in [-0.3, -0.25) is 14.7 Å². The first-order valence-electron chi connectivity index (χ1n) is 13.5. The molecule has 1 saturated heterocycles. The van der Waals surface area contributed by atoms with Gasteiger partial charge in [0.2, 0.25) is 5.95 Å². The molecular weight excluding hydrogens is 519 g/mol. The van der Waals surface area contributed by atoms with Crippen molar-refractivity contribution in [1.29, 1.82) is 0 Å². The van der Waals surface area contributed by atoms with Crippen LogP contribution in [0, 0.1) is 12.7 Å². The predicted octanol–water partition coefficient (Wildman–Crippen LogP) is 5.75. The lowest BCUT2D eigenvalue weighted by atomic mass is 10.0. The van der Waals surface area contributed by atoms with Gasteiger partial charge >= 0.3 is 0 Å². The van der Waals surface area contributed by atoms with E-state index in [1.165, 1.54) is 12.1 Å². The molecule has 2 aromatic carbocycles. The van der Waals surface area contributed by atoms with E-state index in [1.54, 1.807) is 41.8 Å². The molecule has 1 fully saturated rings. The summed E-state index contributed by atoms with van der Waals surface area (Å²) in [7, 11) is 0. The number of amides is 1. The van der Waals surface area contributed by atoms with Crippen LogP contribution in [0.15, 0.2) is 85.5 Å². The van der Waals surface area contributed by atoms with Crippen LogP contribution in [0.25, 0.3) is 10.8 Å². The zero-order valence-corrected chi connectivity index (χ0v) is 22.5. The summed E-state index contributed by atoms with van der Waals surface area (Å²) in [5, 5.41) is 11.5. The Hall–Kier alpha value is -4.96. The monoisotopic (exact) mass is 548 g/mol. The number of hydrogen-bond donors (Lipinski definition) is 3. The number of halogens is 1. The first kappa shape index (κ1) is 26.3. The van der Waals surface area contributed by atoms with Gasteiger partial charge in [-0.25, -0.2) is 14.4 Å². The molecule has 1 amide bonds. The second-order valence-electron chi connectivity index (χ2n) is 9.93. The molecule has 1 aliphatic heterocycles. The minimum Gasteiger partial charge on any atom is -0.340 e. The number of aromatic nitrogens is 4. The van der Waals surface area contributed by atoms with E-state index in [1.807, 2.05) is 43.3 Å². The average Bonchev–Trinajstić information content (AvgIpc) is 2.99. The number of aryl methyl sites for hydroxylation is 1. The number of rotatable bonds is 7. The third kappa shape index (κ3) is 5.68. The third-order valence-electron chi connectivity index (χ3n) is 7.13. The molecule has 1 aliphatic rings. The fraction of sp³-hybridized carbons (Fsp3) is 0.194. The average molecular weight is 549 g/mol. The van der Waals surface area contributed by atoms with E-state index in [0.717, 1.165) is 41.4 Å². The molecule has 3 N–H and O–H groups in total. The number of nitrogens with one attached hydrogen (secondary N) is 3. The smallest absolute Gasteiger partial charge is 0.262 e. The van der Waals surface area contributed by atoms with Gasteiger partial charge in [0.05, 0.1) is 11.6 Å². The van der Waals surface area contributed by atoms with Gasteiger partial charge in [-0.1, -0.05) is 18.2 Å². The Morgan fingerprint density at radius 3 is 2.63 bits per heavy atom. The molecule has 206 valence electrons. The van der Waals surface area contributed by atoms with Crippen molar-refractivity contribution in [3.63, 3.8) is 0 Å². The normalized spacial score (nSPS) is 14.9. The summed E-state index contributed by atoms with van der Waals surface area (Å²) in [6, 6.07) is 17.6. The lowest BCUT2D eigenvalue weighted by molar-refractivity contribution is 0.0968. The van der Waals surface area contributed by atoms with Crippen LogP contribution in [0.1, 0.15) is 28.8 Å². The lowest BCUT2D eigenvalue weighted by Gasteiger charge is -2.35. The maximum Gasteiger partial charge on any atom is 0.262 e. The molecule has 9 nitrogen and oxygen atoms in total. The summed E-state index contributed by atoms with van der Waals surface area (Å²) >= 11 is 0. The van der Waals surface area contributed by atoms with Gasteiger partial charge in [-0.2, -0.15) is 4.98 Å². The van der Waals surface area contributed by atoms with Crippen molar-refractivity contribution >= 4 is 45.6 Å². The summed E-state index contributed by atoms with van der Waals surface area (Å²) in [4.78, 5) is 33.1. The molecule has 0 unspecified atom stereocenters. The van der Waals surface area contributed by atoms with Crippen molar-refractivity contribution in [2.24, 2.45) is 0 Å². The van der Waals surface area contributed by atoms with E-state index >= 15 is 4.39 Å². The topological polar surface area (TPSA) is 108 Å². The highest BCUT2D eigenvalue weighted by Crippen LogP contribution is 2.32. The van der Waals surface area contributed by atoms with E-state index in [0.29, 0.717) is 23.9 Å². The Labute approximate surface area is 236 Å². The second kappa shape index (κ2) is 11.6. The Morgan fingerprint density at radius 2 is 1.83 bits per heavy atom. The van der Waals surface area contributed by atoms with E-state index in [-0.39, 0.29) is 17.6 Å². The Kier molecular flexibility index (Phi) is 7.46. The van der Waals surface area contributed by atoms with Crippen molar-refractivity contribution in [2.75, 3.05) is 28.6 Å². The van der Waals surface area contributed by atoms with Crippen LogP contribution < -0.4 is 20.9 Å². The van der Waals surface area contributed by atoms with Gasteiger partial charge in [0.1, 0.15) is 17.5 Å². The minimum absolute atomic E-state index is 0.0254. The molecule has 5 aromatic rings. The van der Waals surface area contributed by atoms with Crippen molar-refractivity contribution < 1.29 is 9.18 Å². The van der Waals surface area contributed by atoms with E-state index in [4.69, 9.17) is 0 Å². The van der Waals surface area contributed by atoms with Crippen LogP contribution >= 0.6 is 0 Å². The number of hydrogen-bond acceptors (Lipinski definition) is 8. The number of carbonyl (C=O) groups is 1. The summed E-state index contributed by atoms with van der Waals surface area (Å²) < 4.78 is 15.6. The molecule has 41 heavy (non-hydrogen) atoms. The number of carbonyl (C=O) groups excluding carboxylic acids is 1. The summed E-state index contributed by atoms with van der Waals surface area (Å²) in [5.41, 5.74) is 2.23. The predicted molar refractivity (Wildman–Crippen MR) is 158 cm³/mol. The summed E-state index contributed by atoms with van der Waals surface area (Å²) in [6.07, 6.45) is 8.37. The fourth-order valence-electron chi connectivity index (χ4n) is 5.16. The van der Waals surface area contributed by atoms with Gasteiger partial charge in [0.15, 0.2) is 0 Å². The van der Waals surface area contributed by atoms with Gasteiger partial charge in [-0.05, 0) is 79.7 Å². The molecule has 0 spiro atoms. The van der Waals surface area contributed by atoms with Crippen LogP contribution in [0.5, 0.6) is 0 Å². The highest BCUT2D eigenvalue weighted by Gasteiger charge is 2.31. The number of nitrogens with zero attached hydrogens (tertiary/aromatic N) is 5. The first-order chi connectivity index (χ1) is 20.1. The molecule has 0 bridgehead atoms. The van der Waals surface area contributed by atoms with Gasteiger partial charge < -0.3 is 16.0 Å². The summed E-state index contributed by atoms with van der Waals surface area (Å²) in [6.45, 7) is 3.49. The van der Waals surface area contributed by atoms with Gasteiger partial charge in [-0.15, -0.1) is 0 Å². The molecule has 1 atom stereocenters. The number of piperidine rings is 1. The standard InChI is InChI=1S/C31H29FN8O/c1-20-4-2-5-21-9-16-35-29(28(20)21)40(24-6-3-13-34-19-24)30(41)25-8-7-23(18-26(25)32)38-31-36-17-12-27(39-31)37-22-10-14-33-15-11-22/h2,4-5,7-12,14-18,24,34H,3,6,13,19H2,1H3,(H2,33,36,37,38,39)/t24-/m1/s1. The van der Waals surface area contributed by atoms with Crippen LogP contribution in [-0.2, 0) is 0 Å². The molecule has 6 rings (SSSR count). The number of fused-ring (bicyclic) bond motifs is 1. The summed E-state index contributed by atoms with van der Waals surface area (Å²) in [5.74, 6) is 0.332. The van der Waals surface area contributed by atoms with Gasteiger partial charge in [0.25, 0.3) is 5.91 Å². The number of benzene rings is 2. The number of pyridine rings is 2. The number of anilines is 5. The Morgan fingerprint density at radius 1 is 0.976 bits per heavy atom. The maximum atomic E-state index is 15.6. The van der Waals surface area contributed by atoms with Crippen LogP contribution in [-0.4, -0.2) is 45.0 Å². The quantitative estimate of drug-likeness (QED) is 0.236. The largest absolute Gasteiger partial charge is 0.340 e. The molecular formula is C31H29FN8O. The Bertz CT molecular complexity index is 1690. The van der Waals surface area contributed by atoms with Gasteiger partial charge in [0, 0.05) is 48.1 Å². The van der Waals surface area contributed by atoms with Crippen molar-refractivity contribution in [1.82, 2.24) is 25.3 Å². The molecule has 0 radical (unpaired) electrons. The molecule has 3 aromatic heterocycles. The van der Waals surface area contributed by atoms with E-state index in [2.05, 4.69) is 35.9 Å². The van der Waals surface area contributed by atoms with Crippen LogP contribution in [0.3, 0.4) is 0 Å².